The maximum Gasteiger partial charge on any atom is 0.329 e. The van der Waals surface area contributed by atoms with Gasteiger partial charge in [-0.2, -0.15) is 0 Å². The van der Waals surface area contributed by atoms with Gasteiger partial charge in [0, 0.05) is 90.4 Å². The molecule has 4 amide bonds. The number of anilines is 1. The number of fused-ring (bicyclic) bond motifs is 2. The number of nitrogens with zero attached hydrogens (tertiary/aromatic N) is 10. The van der Waals surface area contributed by atoms with Crippen LogP contribution >= 0.6 is 0 Å². The summed E-state index contributed by atoms with van der Waals surface area (Å²) in [7, 11) is 5.12. The third-order valence-electron chi connectivity index (χ3n) is 12.5. The largest absolute Gasteiger partial charge is 0.450 e. The van der Waals surface area contributed by atoms with Crippen molar-refractivity contribution in [2.75, 3.05) is 64.8 Å². The molecule has 0 aliphatic carbocycles. The first-order valence-corrected chi connectivity index (χ1v) is 21.6. The van der Waals surface area contributed by atoms with Gasteiger partial charge in [0.2, 0.25) is 17.7 Å². The van der Waals surface area contributed by atoms with E-state index in [1.54, 1.807) is 48.9 Å². The zero-order valence-electron chi connectivity index (χ0n) is 35.8. The van der Waals surface area contributed by atoms with Gasteiger partial charge in [0.1, 0.15) is 11.6 Å². The summed E-state index contributed by atoms with van der Waals surface area (Å²) >= 11 is 0. The number of hydrogen-bond donors (Lipinski definition) is 1. The number of piperazine rings is 1. The van der Waals surface area contributed by atoms with Gasteiger partial charge < -0.3 is 19.1 Å². The Balaban J connectivity index is 0.844. The molecule has 0 spiro atoms. The smallest absolute Gasteiger partial charge is 0.329 e. The predicted octanol–water partition coefficient (Wildman–Crippen LogP) is 3.88. The van der Waals surface area contributed by atoms with E-state index >= 15 is 0 Å². The van der Waals surface area contributed by atoms with E-state index < -0.39 is 11.9 Å². The number of aryl methyl sites for hydroxylation is 3. The Bertz CT molecular complexity index is 2790. The Morgan fingerprint density at radius 2 is 1.79 bits per heavy atom. The number of rotatable bonds is 12. The van der Waals surface area contributed by atoms with E-state index in [9.17, 15) is 24.0 Å². The number of imide groups is 1. The van der Waals surface area contributed by atoms with Crippen molar-refractivity contribution in [2.24, 2.45) is 7.05 Å². The van der Waals surface area contributed by atoms with E-state index in [-0.39, 0.29) is 35.6 Å². The van der Waals surface area contributed by atoms with Crippen LogP contribution in [-0.4, -0.2) is 127 Å². The molecule has 4 aromatic heterocycles. The molecule has 1 atom stereocenters. The summed E-state index contributed by atoms with van der Waals surface area (Å²) in [6.07, 6.45) is 10.8. The van der Waals surface area contributed by atoms with Crippen LogP contribution in [0.15, 0.2) is 82.4 Å². The van der Waals surface area contributed by atoms with Crippen molar-refractivity contribution in [3.05, 3.63) is 101 Å². The number of hydrogen-bond acceptors (Lipinski definition) is 11. The van der Waals surface area contributed by atoms with Crippen molar-refractivity contribution >= 4 is 56.9 Å². The number of carbonyl (C=O) groups is 4. The summed E-state index contributed by atoms with van der Waals surface area (Å²) in [4.78, 5) is 76.9. The number of furan rings is 1. The first-order valence-electron chi connectivity index (χ1n) is 21.6. The van der Waals surface area contributed by atoms with E-state index in [1.807, 2.05) is 41.4 Å². The van der Waals surface area contributed by atoms with Crippen LogP contribution in [0.1, 0.15) is 59.8 Å². The summed E-state index contributed by atoms with van der Waals surface area (Å²) in [5.74, 6) is -0.656. The van der Waals surface area contributed by atoms with Crippen LogP contribution in [0.4, 0.5) is 5.69 Å². The number of pyridine rings is 1. The molecular formula is C46H51N11O6. The molecule has 2 saturated heterocycles. The molecule has 17 heteroatoms. The molecule has 0 saturated carbocycles. The summed E-state index contributed by atoms with van der Waals surface area (Å²) in [6, 6.07) is 15.3. The van der Waals surface area contributed by atoms with Crippen molar-refractivity contribution in [2.45, 2.75) is 51.1 Å². The number of nitrogens with one attached hydrogen (secondary N) is 1. The number of benzene rings is 2. The molecule has 3 aliphatic rings. The van der Waals surface area contributed by atoms with E-state index in [1.165, 1.54) is 9.47 Å². The second kappa shape index (κ2) is 17.5. The monoisotopic (exact) mass is 853 g/mol. The molecule has 63 heavy (non-hydrogen) atoms. The number of amides is 4. The maximum absolute atomic E-state index is 13.2. The molecule has 3 aliphatic heterocycles. The molecule has 17 nitrogen and oxygen atoms in total. The van der Waals surface area contributed by atoms with E-state index in [0.717, 1.165) is 96.5 Å². The molecule has 0 radical (unpaired) electrons. The van der Waals surface area contributed by atoms with Crippen LogP contribution in [0.5, 0.6) is 0 Å². The molecule has 6 aromatic rings. The van der Waals surface area contributed by atoms with Gasteiger partial charge in [0.15, 0.2) is 5.76 Å². The quantitative estimate of drug-likeness (QED) is 0.177. The topological polar surface area (TPSA) is 177 Å². The highest BCUT2D eigenvalue weighted by Gasteiger charge is 2.31. The summed E-state index contributed by atoms with van der Waals surface area (Å²) < 4.78 is 11.0. The van der Waals surface area contributed by atoms with Crippen LogP contribution in [0, 0.1) is 0 Å². The fraction of sp³-hybridized carbons (Fsp3) is 0.391. The van der Waals surface area contributed by atoms with Gasteiger partial charge in [-0.1, -0.05) is 17.4 Å². The molecule has 1 N–H and O–H groups in total. The zero-order chi connectivity index (χ0) is 43.8. The summed E-state index contributed by atoms with van der Waals surface area (Å²) in [5, 5.41) is 11.0. The second-order valence-corrected chi connectivity index (χ2v) is 16.8. The van der Waals surface area contributed by atoms with Crippen LogP contribution in [0.2, 0.25) is 0 Å². The Morgan fingerprint density at radius 3 is 2.54 bits per heavy atom. The fourth-order valence-corrected chi connectivity index (χ4v) is 9.00. The normalized spacial score (nSPS) is 17.4. The first kappa shape index (κ1) is 41.5. The highest BCUT2D eigenvalue weighted by molar-refractivity contribution is 6.02. The molecule has 9 rings (SSSR count). The second-order valence-electron chi connectivity index (χ2n) is 16.8. The number of aromatic nitrogens is 6. The molecule has 1 unspecified atom stereocenters. The van der Waals surface area contributed by atoms with Crippen LogP contribution < -0.4 is 15.9 Å². The lowest BCUT2D eigenvalue weighted by atomic mass is 9.96. The Labute approximate surface area is 363 Å². The minimum absolute atomic E-state index is 0.0586. The van der Waals surface area contributed by atoms with Crippen molar-refractivity contribution in [1.82, 2.24) is 49.1 Å². The minimum atomic E-state index is -0.698. The van der Waals surface area contributed by atoms with Crippen molar-refractivity contribution in [3.8, 4) is 11.3 Å². The molecule has 2 aromatic carbocycles. The average molecular weight is 854 g/mol. The lowest BCUT2D eigenvalue weighted by Crippen LogP contribution is -2.46. The highest BCUT2D eigenvalue weighted by atomic mass is 16.3. The molecular weight excluding hydrogens is 803 g/mol. The SMILES string of the molecule is CN(C)C(=O)c1cc2cc(C3=CCCN(C(=O)CCn4ccnn4)C3)cc(-c3ccc(N4CCN(CCCc5ccc6c(c5)n(C)c(=O)n6C5CCC(=O)NC5=O)CC4)cn3)c2o1. The Kier molecular flexibility index (Phi) is 11.5. The summed E-state index contributed by atoms with van der Waals surface area (Å²) in [5.41, 5.74) is 7.45. The lowest BCUT2D eigenvalue weighted by Gasteiger charge is -2.36. The first-order chi connectivity index (χ1) is 30.5. The van der Waals surface area contributed by atoms with Gasteiger partial charge in [0.05, 0.1) is 41.4 Å². The Morgan fingerprint density at radius 1 is 0.952 bits per heavy atom. The average Bonchev–Trinajstić information content (AvgIpc) is 4.04. The van der Waals surface area contributed by atoms with Crippen molar-refractivity contribution < 1.29 is 23.6 Å². The minimum Gasteiger partial charge on any atom is -0.450 e. The van der Waals surface area contributed by atoms with Gasteiger partial charge in [0.25, 0.3) is 5.91 Å². The number of carbonyl (C=O) groups excluding carboxylic acids is 4. The van der Waals surface area contributed by atoms with Gasteiger partial charge in [-0.25, -0.2) is 4.79 Å². The Hall–Kier alpha value is -6.88. The molecule has 0 bridgehead atoms. The van der Waals surface area contributed by atoms with Crippen LogP contribution in [-0.2, 0) is 34.4 Å². The van der Waals surface area contributed by atoms with Crippen molar-refractivity contribution in [3.63, 3.8) is 0 Å². The molecule has 7 heterocycles. The standard InChI is InChI=1S/C46H51N11O6/c1-51(2)45(61)40-27-33-25-32(31-7-5-17-55(29-31)42(59)14-18-56-19-15-48-50-56)26-35(43(33)63-40)36-10-9-34(28-47-36)54-22-20-53(21-23-54)16-4-6-30-8-11-37-39(24-30)52(3)46(62)57(37)38-12-13-41(58)49-44(38)60/h7-11,15,19,24-28,38H,4-6,12-14,16-18,20-23,29H2,1-3H3,(H,49,58,60). The highest BCUT2D eigenvalue weighted by Crippen LogP contribution is 2.36. The zero-order valence-corrected chi connectivity index (χ0v) is 35.8. The van der Waals surface area contributed by atoms with Gasteiger partial charge in [-0.15, -0.1) is 5.10 Å². The van der Waals surface area contributed by atoms with Gasteiger partial charge >= 0.3 is 5.69 Å². The maximum atomic E-state index is 13.2. The van der Waals surface area contributed by atoms with Crippen LogP contribution in [0.25, 0.3) is 38.8 Å². The third kappa shape index (κ3) is 8.52. The lowest BCUT2D eigenvalue weighted by molar-refractivity contribution is -0.136. The number of piperidine rings is 1. The van der Waals surface area contributed by atoms with Gasteiger partial charge in [-0.05, 0) is 91.4 Å². The van der Waals surface area contributed by atoms with E-state index in [4.69, 9.17) is 9.40 Å². The predicted molar refractivity (Wildman–Crippen MR) is 237 cm³/mol. The molecule has 2 fully saturated rings. The molecule has 326 valence electrons. The third-order valence-corrected chi connectivity index (χ3v) is 12.5. The number of imidazole rings is 1. The fourth-order valence-electron chi connectivity index (χ4n) is 9.00. The van der Waals surface area contributed by atoms with Gasteiger partial charge in [-0.3, -0.25) is 48.2 Å². The van der Waals surface area contributed by atoms with Crippen molar-refractivity contribution in [1.29, 1.82) is 0 Å². The van der Waals surface area contributed by atoms with E-state index in [2.05, 4.69) is 43.6 Å². The van der Waals surface area contributed by atoms with Crippen LogP contribution in [0.3, 0.4) is 0 Å². The van der Waals surface area contributed by atoms with E-state index in [0.29, 0.717) is 43.6 Å². The summed E-state index contributed by atoms with van der Waals surface area (Å²) in [6.45, 7) is 6.08.